The first-order valence-electron chi connectivity index (χ1n) is 22.3. The van der Waals surface area contributed by atoms with E-state index < -0.39 is 34.8 Å². The molecule has 16 heteroatoms. The fraction of sp³-hybridized carbons (Fsp3) is 0.367. The summed E-state index contributed by atoms with van der Waals surface area (Å²) in [6.07, 6.45) is 4.98. The number of halogens is 3. The standard InChI is InChI=1S/C49H51F3N8O5/c50-33-2-4-34(5-3-33)55-47(63)49(16-17-49)48(64)56-35-6-8-36(9-7-35)65-44-13-18-53-42-29-43(40(52)28-38(42)44)60-20-14-31(15-21-60)30-59-25-23-58(24-26-59)22-19-54-41-11-1-32(27-39(41)51)37-10-12-45(61)57-46(37)62/h1-9,11,13,18,27-29,31,37,54H,10,12,14-17,19-26,30H2,(H,55,63)(H,56,64)(H,57,61,62). The van der Waals surface area contributed by atoms with Crippen LogP contribution in [-0.2, 0) is 19.2 Å². The molecular weight excluding hydrogens is 838 g/mol. The highest BCUT2D eigenvalue weighted by Gasteiger charge is 2.56. The first kappa shape index (κ1) is 43.7. The van der Waals surface area contributed by atoms with Gasteiger partial charge in [-0.2, -0.15) is 0 Å². The number of pyridine rings is 1. The van der Waals surface area contributed by atoms with Crippen LogP contribution < -0.4 is 30.9 Å². The number of aromatic nitrogens is 1. The number of rotatable bonds is 14. The number of carbonyl (C=O) groups is 4. The van der Waals surface area contributed by atoms with Crippen LogP contribution in [0.2, 0.25) is 0 Å². The van der Waals surface area contributed by atoms with E-state index in [-0.39, 0.29) is 24.1 Å². The number of imide groups is 1. The summed E-state index contributed by atoms with van der Waals surface area (Å²) in [6.45, 7) is 7.59. The van der Waals surface area contributed by atoms with Gasteiger partial charge in [-0.1, -0.05) is 6.07 Å². The number of fused-ring (bicyclic) bond motifs is 1. The van der Waals surface area contributed by atoms with Crippen molar-refractivity contribution in [3.05, 3.63) is 114 Å². The molecular formula is C49H51F3N8O5. The molecule has 0 spiro atoms. The number of piperazine rings is 1. The maximum atomic E-state index is 15.8. The van der Waals surface area contributed by atoms with Gasteiger partial charge in [0.05, 0.1) is 22.8 Å². The quantitative estimate of drug-likeness (QED) is 0.0664. The first-order chi connectivity index (χ1) is 31.5. The van der Waals surface area contributed by atoms with Gasteiger partial charge in [0.1, 0.15) is 34.4 Å². The highest BCUT2D eigenvalue weighted by Crippen LogP contribution is 2.47. The fourth-order valence-corrected chi connectivity index (χ4v) is 9.08. The number of nitrogens with zero attached hydrogens (tertiary/aromatic N) is 4. The molecule has 1 saturated carbocycles. The Bertz CT molecular complexity index is 2580. The average Bonchev–Trinajstić information content (AvgIpc) is 4.12. The number of amides is 4. The van der Waals surface area contributed by atoms with Gasteiger partial charge >= 0.3 is 0 Å². The first-order valence-corrected chi connectivity index (χ1v) is 22.3. The number of nitrogens with one attached hydrogen (secondary N) is 4. The van der Waals surface area contributed by atoms with Crippen LogP contribution in [-0.4, -0.2) is 97.3 Å². The molecule has 4 fully saturated rings. The lowest BCUT2D eigenvalue weighted by molar-refractivity contribution is -0.134. The highest BCUT2D eigenvalue weighted by atomic mass is 19.1. The van der Waals surface area contributed by atoms with Crippen molar-refractivity contribution in [2.75, 3.05) is 79.8 Å². The summed E-state index contributed by atoms with van der Waals surface area (Å²) in [6, 6.07) is 21.9. The van der Waals surface area contributed by atoms with Gasteiger partial charge in [-0.3, -0.25) is 34.4 Å². The molecule has 4 aliphatic rings. The topological polar surface area (TPSA) is 148 Å². The van der Waals surface area contributed by atoms with Crippen LogP contribution in [0, 0.1) is 28.8 Å². The van der Waals surface area contributed by atoms with Crippen LogP contribution in [0.15, 0.2) is 91.1 Å². The van der Waals surface area contributed by atoms with E-state index in [0.29, 0.717) is 82.4 Å². The zero-order valence-corrected chi connectivity index (χ0v) is 35.9. The van der Waals surface area contributed by atoms with Gasteiger partial charge in [-0.05, 0) is 122 Å². The molecule has 0 radical (unpaired) electrons. The molecule has 1 aromatic heterocycles. The monoisotopic (exact) mass is 888 g/mol. The number of piperidine rings is 2. The van der Waals surface area contributed by atoms with Crippen LogP contribution >= 0.6 is 0 Å². The minimum atomic E-state index is -1.19. The second-order valence-corrected chi connectivity index (χ2v) is 17.5. The lowest BCUT2D eigenvalue weighted by atomic mass is 9.90. The van der Waals surface area contributed by atoms with Crippen molar-refractivity contribution in [1.82, 2.24) is 20.1 Å². The lowest BCUT2D eigenvalue weighted by Crippen LogP contribution is -2.49. The van der Waals surface area contributed by atoms with E-state index in [1.807, 2.05) is 0 Å². The van der Waals surface area contributed by atoms with E-state index in [1.165, 1.54) is 36.4 Å². The molecule has 1 unspecified atom stereocenters. The summed E-state index contributed by atoms with van der Waals surface area (Å²) in [4.78, 5) is 61.3. The Morgan fingerprint density at radius 3 is 2.11 bits per heavy atom. The SMILES string of the molecule is O=C1CCC(c2ccc(NCCN3CCN(CC4CCN(c5cc6nccc(Oc7ccc(NC(=O)C8(C(=O)Nc9ccc(F)cc9)CC8)cc7)c6cc5F)CC4)CC3)c(F)c2)C(=O)N1. The van der Waals surface area contributed by atoms with Crippen molar-refractivity contribution in [2.24, 2.45) is 11.3 Å². The zero-order chi connectivity index (χ0) is 45.1. The van der Waals surface area contributed by atoms with Gasteiger partial charge in [0.2, 0.25) is 23.6 Å². The van der Waals surface area contributed by atoms with Crippen LogP contribution in [0.3, 0.4) is 0 Å². The van der Waals surface area contributed by atoms with Crippen molar-refractivity contribution >= 4 is 57.3 Å². The van der Waals surface area contributed by atoms with E-state index in [4.69, 9.17) is 4.74 Å². The average molecular weight is 889 g/mol. The predicted octanol–water partition coefficient (Wildman–Crippen LogP) is 7.27. The molecule has 1 aliphatic carbocycles. The molecule has 5 aromatic rings. The molecule has 13 nitrogen and oxygen atoms in total. The molecule has 3 saturated heterocycles. The Balaban J connectivity index is 0.714. The van der Waals surface area contributed by atoms with Crippen LogP contribution in [0.1, 0.15) is 50.0 Å². The third-order valence-corrected chi connectivity index (χ3v) is 13.1. The van der Waals surface area contributed by atoms with Crippen molar-refractivity contribution in [3.8, 4) is 11.5 Å². The maximum Gasteiger partial charge on any atom is 0.240 e. The van der Waals surface area contributed by atoms with Crippen molar-refractivity contribution in [1.29, 1.82) is 0 Å². The Hall–Kier alpha value is -6.52. The predicted molar refractivity (Wildman–Crippen MR) is 241 cm³/mol. The molecule has 1 atom stereocenters. The number of carbonyl (C=O) groups excluding carboxylic acids is 4. The van der Waals surface area contributed by atoms with Crippen molar-refractivity contribution in [3.63, 3.8) is 0 Å². The van der Waals surface area contributed by atoms with Gasteiger partial charge < -0.3 is 30.5 Å². The summed E-state index contributed by atoms with van der Waals surface area (Å²) in [5, 5.41) is 11.6. The summed E-state index contributed by atoms with van der Waals surface area (Å²) >= 11 is 0. The third kappa shape index (κ3) is 10.1. The van der Waals surface area contributed by atoms with Crippen LogP contribution in [0.25, 0.3) is 10.9 Å². The van der Waals surface area contributed by atoms with Gasteiger partial charge in [-0.15, -0.1) is 0 Å². The number of benzene rings is 4. The summed E-state index contributed by atoms with van der Waals surface area (Å²) in [5.41, 5.74) is 1.81. The fourth-order valence-electron chi connectivity index (χ4n) is 9.08. The van der Waals surface area contributed by atoms with E-state index in [1.54, 1.807) is 54.7 Å². The molecule has 0 bridgehead atoms. The van der Waals surface area contributed by atoms with Crippen LogP contribution in [0.4, 0.5) is 35.9 Å². The Morgan fingerprint density at radius 2 is 1.45 bits per heavy atom. The second-order valence-electron chi connectivity index (χ2n) is 17.5. The lowest BCUT2D eigenvalue weighted by Gasteiger charge is -2.39. The van der Waals surface area contributed by atoms with Gasteiger partial charge in [-0.25, -0.2) is 13.2 Å². The van der Waals surface area contributed by atoms with Crippen molar-refractivity contribution < 1.29 is 37.1 Å². The van der Waals surface area contributed by atoms with Gasteiger partial charge in [0.15, 0.2) is 0 Å². The number of ether oxygens (including phenoxy) is 1. The van der Waals surface area contributed by atoms with Crippen molar-refractivity contribution in [2.45, 2.75) is 44.4 Å². The maximum absolute atomic E-state index is 15.8. The Labute approximate surface area is 374 Å². The molecule has 4 heterocycles. The minimum Gasteiger partial charge on any atom is -0.457 e. The molecule has 9 rings (SSSR count). The normalized spacial score (nSPS) is 19.1. The molecule has 65 heavy (non-hydrogen) atoms. The summed E-state index contributed by atoms with van der Waals surface area (Å²) in [7, 11) is 0. The van der Waals surface area contributed by atoms with Gasteiger partial charge in [0.25, 0.3) is 0 Å². The third-order valence-electron chi connectivity index (χ3n) is 13.1. The summed E-state index contributed by atoms with van der Waals surface area (Å²) in [5.74, 6) is -1.80. The Morgan fingerprint density at radius 1 is 0.769 bits per heavy atom. The summed E-state index contributed by atoms with van der Waals surface area (Å²) < 4.78 is 50.2. The number of anilines is 4. The minimum absolute atomic E-state index is 0.250. The number of hydrogen-bond acceptors (Lipinski definition) is 10. The zero-order valence-electron chi connectivity index (χ0n) is 35.9. The van der Waals surface area contributed by atoms with E-state index >= 15 is 4.39 Å². The number of hydrogen-bond donors (Lipinski definition) is 4. The second kappa shape index (κ2) is 18.9. The molecule has 338 valence electrons. The van der Waals surface area contributed by atoms with E-state index in [0.717, 1.165) is 65.2 Å². The Kier molecular flexibility index (Phi) is 12.7. The molecule has 4 aromatic carbocycles. The van der Waals surface area contributed by atoms with Crippen LogP contribution in [0.5, 0.6) is 11.5 Å². The smallest absolute Gasteiger partial charge is 0.240 e. The largest absolute Gasteiger partial charge is 0.457 e. The van der Waals surface area contributed by atoms with Gasteiger partial charge in [0, 0.05) is 88.3 Å². The molecule has 4 amide bonds. The molecule has 4 N–H and O–H groups in total. The van der Waals surface area contributed by atoms with E-state index in [2.05, 4.69) is 41.0 Å². The molecule has 3 aliphatic heterocycles. The highest BCUT2D eigenvalue weighted by molar-refractivity contribution is 6.17. The van der Waals surface area contributed by atoms with E-state index in [9.17, 15) is 28.0 Å².